The van der Waals surface area contributed by atoms with Gasteiger partial charge >= 0.3 is 4.87 Å². The van der Waals surface area contributed by atoms with Crippen LogP contribution in [0.25, 0.3) is 11.3 Å². The van der Waals surface area contributed by atoms with Gasteiger partial charge in [0.2, 0.25) is 0 Å². The second-order valence-corrected chi connectivity index (χ2v) is 8.48. The van der Waals surface area contributed by atoms with E-state index in [0.29, 0.717) is 0 Å². The Kier molecular flexibility index (Phi) is 6.41. The van der Waals surface area contributed by atoms with E-state index in [1.807, 2.05) is 0 Å². The number of nitrogens with zero attached hydrogens (tertiary/aromatic N) is 1. The summed E-state index contributed by atoms with van der Waals surface area (Å²) >= 11 is 1.35. The Balaban J connectivity index is 2.29. The zero-order valence-electron chi connectivity index (χ0n) is 15.6. The van der Waals surface area contributed by atoms with Crippen molar-refractivity contribution in [2.75, 3.05) is 13.1 Å². The number of benzene rings is 1. The van der Waals surface area contributed by atoms with Gasteiger partial charge in [-0.3, -0.25) is 9.69 Å². The lowest BCUT2D eigenvalue weighted by Gasteiger charge is -2.21. The highest BCUT2D eigenvalue weighted by atomic mass is 32.1. The lowest BCUT2D eigenvalue weighted by molar-refractivity contribution is 0.269. The Labute approximate surface area is 149 Å². The number of hydrogen-bond donors (Lipinski definition) is 1. The van der Waals surface area contributed by atoms with Crippen LogP contribution in [0.15, 0.2) is 29.1 Å². The fourth-order valence-corrected chi connectivity index (χ4v) is 3.84. The zero-order valence-corrected chi connectivity index (χ0v) is 16.4. The first kappa shape index (κ1) is 18.9. The molecule has 24 heavy (non-hydrogen) atoms. The summed E-state index contributed by atoms with van der Waals surface area (Å²) in [6.07, 6.45) is 2.27. The molecule has 132 valence electrons. The highest BCUT2D eigenvalue weighted by molar-refractivity contribution is 7.09. The minimum Gasteiger partial charge on any atom is -0.312 e. The van der Waals surface area contributed by atoms with Crippen LogP contribution in [0.4, 0.5) is 0 Å². The highest BCUT2D eigenvalue weighted by Gasteiger charge is 2.16. The third-order valence-corrected chi connectivity index (χ3v) is 5.08. The van der Waals surface area contributed by atoms with E-state index < -0.39 is 0 Å². The SMILES string of the molecule is CCCN(CCC)Cc1sc(=O)[nH]c1-c1ccc(C(C)(C)C)cc1. The molecule has 0 bridgehead atoms. The lowest BCUT2D eigenvalue weighted by atomic mass is 9.86. The molecule has 0 unspecified atom stereocenters. The van der Waals surface area contributed by atoms with Crippen molar-refractivity contribution < 1.29 is 0 Å². The quantitative estimate of drug-likeness (QED) is 0.764. The van der Waals surface area contributed by atoms with Gasteiger partial charge in [0.25, 0.3) is 0 Å². The number of H-pyrrole nitrogens is 1. The summed E-state index contributed by atoms with van der Waals surface area (Å²) in [5.41, 5.74) is 3.54. The molecule has 1 aromatic carbocycles. The smallest absolute Gasteiger partial charge is 0.305 e. The molecular weight excluding hydrogens is 316 g/mol. The number of thiazole rings is 1. The molecule has 0 spiro atoms. The number of aromatic nitrogens is 1. The largest absolute Gasteiger partial charge is 0.312 e. The Hall–Kier alpha value is -1.39. The summed E-state index contributed by atoms with van der Waals surface area (Å²) in [7, 11) is 0. The molecule has 0 radical (unpaired) electrons. The van der Waals surface area contributed by atoms with Gasteiger partial charge in [0.05, 0.1) is 5.69 Å². The molecule has 0 aliphatic carbocycles. The van der Waals surface area contributed by atoms with Crippen molar-refractivity contribution in [1.82, 2.24) is 9.88 Å². The van der Waals surface area contributed by atoms with Crippen LogP contribution in [0.3, 0.4) is 0 Å². The molecule has 4 heteroatoms. The number of hydrogen-bond acceptors (Lipinski definition) is 3. The first-order chi connectivity index (χ1) is 11.3. The summed E-state index contributed by atoms with van der Waals surface area (Å²) in [5.74, 6) is 0. The van der Waals surface area contributed by atoms with Crippen molar-refractivity contribution in [2.45, 2.75) is 59.4 Å². The van der Waals surface area contributed by atoms with Crippen LogP contribution >= 0.6 is 11.3 Å². The van der Waals surface area contributed by atoms with Gasteiger partial charge in [-0.05, 0) is 42.5 Å². The van der Waals surface area contributed by atoms with E-state index >= 15 is 0 Å². The normalized spacial score (nSPS) is 12.1. The molecule has 0 aliphatic rings. The molecule has 1 aromatic heterocycles. The third-order valence-electron chi connectivity index (χ3n) is 4.21. The van der Waals surface area contributed by atoms with Crippen LogP contribution < -0.4 is 4.87 Å². The van der Waals surface area contributed by atoms with Gasteiger partial charge in [0, 0.05) is 11.4 Å². The second-order valence-electron chi connectivity index (χ2n) is 7.42. The molecule has 1 N–H and O–H groups in total. The van der Waals surface area contributed by atoms with Crippen LogP contribution in [0, 0.1) is 0 Å². The zero-order chi connectivity index (χ0) is 17.7. The fourth-order valence-electron chi connectivity index (χ4n) is 2.95. The first-order valence-electron chi connectivity index (χ1n) is 8.90. The summed E-state index contributed by atoms with van der Waals surface area (Å²) in [6, 6.07) is 8.61. The molecule has 0 atom stereocenters. The Morgan fingerprint density at radius 3 is 2.12 bits per heavy atom. The molecule has 0 amide bonds. The molecule has 0 fully saturated rings. The molecule has 0 saturated carbocycles. The van der Waals surface area contributed by atoms with Crippen LogP contribution in [-0.2, 0) is 12.0 Å². The fraction of sp³-hybridized carbons (Fsp3) is 0.550. The van der Waals surface area contributed by atoms with E-state index in [4.69, 9.17) is 0 Å². The average Bonchev–Trinajstić information content (AvgIpc) is 2.87. The number of aromatic amines is 1. The van der Waals surface area contributed by atoms with E-state index in [-0.39, 0.29) is 10.3 Å². The maximum absolute atomic E-state index is 12.0. The lowest BCUT2D eigenvalue weighted by Crippen LogP contribution is -2.24. The maximum atomic E-state index is 12.0. The van der Waals surface area contributed by atoms with Gasteiger partial charge in [-0.1, -0.05) is 70.2 Å². The summed E-state index contributed by atoms with van der Waals surface area (Å²) in [5, 5.41) is 0. The first-order valence-corrected chi connectivity index (χ1v) is 9.72. The van der Waals surface area contributed by atoms with Crippen molar-refractivity contribution in [3.8, 4) is 11.3 Å². The van der Waals surface area contributed by atoms with Crippen molar-refractivity contribution in [1.29, 1.82) is 0 Å². The molecular formula is C20H30N2OS. The molecule has 0 aliphatic heterocycles. The predicted octanol–water partition coefficient (Wildman–Crippen LogP) is 5.02. The van der Waals surface area contributed by atoms with Gasteiger partial charge in [0.1, 0.15) is 0 Å². The Morgan fingerprint density at radius 1 is 1.04 bits per heavy atom. The molecule has 2 rings (SSSR count). The molecule has 2 aromatic rings. The van der Waals surface area contributed by atoms with Crippen LogP contribution in [-0.4, -0.2) is 23.0 Å². The Morgan fingerprint density at radius 2 is 1.62 bits per heavy atom. The van der Waals surface area contributed by atoms with E-state index in [1.165, 1.54) is 16.9 Å². The molecule has 1 heterocycles. The summed E-state index contributed by atoms with van der Waals surface area (Å²) < 4.78 is 0. The van der Waals surface area contributed by atoms with Crippen molar-refractivity contribution in [2.24, 2.45) is 0 Å². The van der Waals surface area contributed by atoms with Gasteiger partial charge in [-0.2, -0.15) is 0 Å². The van der Waals surface area contributed by atoms with Crippen molar-refractivity contribution >= 4 is 11.3 Å². The average molecular weight is 347 g/mol. The minimum absolute atomic E-state index is 0.0350. The second kappa shape index (κ2) is 8.13. The standard InChI is InChI=1S/C20H30N2OS/c1-6-12-22(13-7-2)14-17-18(21-19(23)24-17)15-8-10-16(11-9-15)20(3,4)5/h8-11H,6-7,12-14H2,1-5H3,(H,21,23). The number of rotatable bonds is 7. The number of nitrogens with one attached hydrogen (secondary N) is 1. The topological polar surface area (TPSA) is 36.1 Å². The third kappa shape index (κ3) is 4.81. The van der Waals surface area contributed by atoms with Gasteiger partial charge < -0.3 is 4.98 Å². The van der Waals surface area contributed by atoms with E-state index in [2.05, 4.69) is 68.8 Å². The van der Waals surface area contributed by atoms with Crippen LogP contribution in [0.5, 0.6) is 0 Å². The maximum Gasteiger partial charge on any atom is 0.305 e. The summed E-state index contributed by atoms with van der Waals surface area (Å²) in [4.78, 5) is 18.6. The van der Waals surface area contributed by atoms with E-state index in [9.17, 15) is 4.79 Å². The molecule has 3 nitrogen and oxygen atoms in total. The minimum atomic E-state index is 0.0350. The van der Waals surface area contributed by atoms with E-state index in [1.54, 1.807) is 0 Å². The van der Waals surface area contributed by atoms with Crippen LogP contribution in [0.1, 0.15) is 57.9 Å². The van der Waals surface area contributed by atoms with Gasteiger partial charge in [-0.25, -0.2) is 0 Å². The Bertz CT molecular complexity index is 686. The monoisotopic (exact) mass is 346 g/mol. The van der Waals surface area contributed by atoms with E-state index in [0.717, 1.165) is 48.6 Å². The van der Waals surface area contributed by atoms with Gasteiger partial charge in [-0.15, -0.1) is 0 Å². The predicted molar refractivity (Wildman–Crippen MR) is 105 cm³/mol. The summed E-state index contributed by atoms with van der Waals surface area (Å²) in [6.45, 7) is 14.0. The molecule has 0 saturated heterocycles. The van der Waals surface area contributed by atoms with Crippen molar-refractivity contribution in [3.05, 3.63) is 44.4 Å². The van der Waals surface area contributed by atoms with Crippen molar-refractivity contribution in [3.63, 3.8) is 0 Å². The highest BCUT2D eigenvalue weighted by Crippen LogP contribution is 2.28. The van der Waals surface area contributed by atoms with Gasteiger partial charge in [0.15, 0.2) is 0 Å². The van der Waals surface area contributed by atoms with Crippen LogP contribution in [0.2, 0.25) is 0 Å².